The molecule has 14 heavy (non-hydrogen) atoms. The number of nitrogens with zero attached hydrogens (tertiary/aromatic N) is 2. The third-order valence-corrected chi connectivity index (χ3v) is 3.27. The van der Waals surface area contributed by atoms with E-state index in [1.54, 1.807) is 5.56 Å². The molecule has 72 valence electrons. The molecule has 0 bridgehead atoms. The highest BCUT2D eigenvalue weighted by atomic mass is 15.0. The Morgan fingerprint density at radius 2 is 2.14 bits per heavy atom. The molecule has 2 nitrogen and oxygen atoms in total. The molecule has 0 N–H and O–H groups in total. The van der Waals surface area contributed by atoms with E-state index in [2.05, 4.69) is 22.7 Å². The fourth-order valence-electron chi connectivity index (χ4n) is 2.58. The first kappa shape index (κ1) is 8.04. The van der Waals surface area contributed by atoms with Crippen LogP contribution in [0.1, 0.15) is 24.1 Å². The Morgan fingerprint density at radius 3 is 3.07 bits per heavy atom. The molecule has 0 spiro atoms. The lowest BCUT2D eigenvalue weighted by Crippen LogP contribution is -2.04. The van der Waals surface area contributed by atoms with Gasteiger partial charge in [0.15, 0.2) is 0 Å². The van der Waals surface area contributed by atoms with Gasteiger partial charge in [0.05, 0.1) is 0 Å². The first-order valence-corrected chi connectivity index (χ1v) is 5.29. The van der Waals surface area contributed by atoms with Crippen LogP contribution in [0.4, 0.5) is 0 Å². The van der Waals surface area contributed by atoms with Crippen LogP contribution in [0.3, 0.4) is 0 Å². The van der Waals surface area contributed by atoms with E-state index in [0.29, 0.717) is 0 Å². The van der Waals surface area contributed by atoms with Gasteiger partial charge < -0.3 is 4.57 Å². The molecule has 0 atom stereocenters. The summed E-state index contributed by atoms with van der Waals surface area (Å²) in [6.45, 7) is 0. The monoisotopic (exact) mass is 186 g/mol. The van der Waals surface area contributed by atoms with Gasteiger partial charge in [-0.15, -0.1) is 0 Å². The molecule has 0 fully saturated rings. The Hall–Kier alpha value is -1.31. The Bertz CT molecular complexity index is 482. The van der Waals surface area contributed by atoms with Crippen molar-refractivity contribution in [3.63, 3.8) is 0 Å². The van der Waals surface area contributed by atoms with E-state index in [1.807, 2.05) is 12.3 Å². The zero-order chi connectivity index (χ0) is 9.54. The predicted octanol–water partition coefficient (Wildman–Crippen LogP) is 2.45. The van der Waals surface area contributed by atoms with Gasteiger partial charge in [0, 0.05) is 24.3 Å². The fraction of sp³-hybridized carbons (Fsp3) is 0.417. The molecule has 0 radical (unpaired) electrons. The van der Waals surface area contributed by atoms with E-state index in [1.165, 1.54) is 36.8 Å². The van der Waals surface area contributed by atoms with Crippen molar-refractivity contribution in [3.05, 3.63) is 29.6 Å². The smallest absolute Gasteiger partial charge is 0.140 e. The summed E-state index contributed by atoms with van der Waals surface area (Å²) in [6, 6.07) is 4.24. The topological polar surface area (TPSA) is 17.8 Å². The second-order valence-electron chi connectivity index (χ2n) is 4.07. The maximum atomic E-state index is 4.45. The maximum Gasteiger partial charge on any atom is 0.140 e. The van der Waals surface area contributed by atoms with Crippen molar-refractivity contribution in [2.45, 2.75) is 25.7 Å². The average molecular weight is 186 g/mol. The summed E-state index contributed by atoms with van der Waals surface area (Å²) in [5, 5.41) is 1.37. The maximum absolute atomic E-state index is 4.45. The number of aryl methyl sites for hydroxylation is 2. The number of fused-ring (bicyclic) bond motifs is 3. The molecule has 0 saturated heterocycles. The van der Waals surface area contributed by atoms with Crippen LogP contribution in [-0.2, 0) is 19.9 Å². The second-order valence-corrected chi connectivity index (χ2v) is 4.07. The Morgan fingerprint density at radius 1 is 1.29 bits per heavy atom. The highest BCUT2D eigenvalue weighted by Crippen LogP contribution is 2.29. The summed E-state index contributed by atoms with van der Waals surface area (Å²) in [7, 11) is 2.14. The number of rotatable bonds is 0. The number of pyridine rings is 1. The number of hydrogen-bond acceptors (Lipinski definition) is 1. The molecule has 3 rings (SSSR count). The standard InChI is InChI=1S/C12H14N2/c1-14-11-7-3-2-5-9(11)10-6-4-8-13-12(10)14/h4,6,8H,2-3,5,7H2,1H3. The molecular formula is C12H14N2. The fourth-order valence-corrected chi connectivity index (χ4v) is 2.58. The van der Waals surface area contributed by atoms with Crippen molar-refractivity contribution in [1.29, 1.82) is 0 Å². The molecule has 2 heterocycles. The molecule has 2 aromatic heterocycles. The Balaban J connectivity index is 2.41. The van der Waals surface area contributed by atoms with Crippen LogP contribution in [0.15, 0.2) is 18.3 Å². The summed E-state index contributed by atoms with van der Waals surface area (Å²) >= 11 is 0. The molecular weight excluding hydrogens is 172 g/mol. The molecule has 0 aliphatic heterocycles. The van der Waals surface area contributed by atoms with E-state index in [-0.39, 0.29) is 0 Å². The second kappa shape index (κ2) is 2.84. The Labute approximate surface area is 83.6 Å². The molecule has 1 aliphatic rings. The molecule has 0 saturated carbocycles. The van der Waals surface area contributed by atoms with Gasteiger partial charge in [0.1, 0.15) is 5.65 Å². The minimum atomic E-state index is 1.15. The van der Waals surface area contributed by atoms with Crippen LogP contribution >= 0.6 is 0 Å². The van der Waals surface area contributed by atoms with Crippen LogP contribution in [-0.4, -0.2) is 9.55 Å². The highest BCUT2D eigenvalue weighted by Gasteiger charge is 2.17. The minimum Gasteiger partial charge on any atom is -0.332 e. The normalized spacial score (nSPS) is 15.8. The van der Waals surface area contributed by atoms with Crippen LogP contribution in [0.2, 0.25) is 0 Å². The van der Waals surface area contributed by atoms with Gasteiger partial charge in [0.25, 0.3) is 0 Å². The number of hydrogen-bond donors (Lipinski definition) is 0. The van der Waals surface area contributed by atoms with E-state index in [4.69, 9.17) is 0 Å². The summed E-state index contributed by atoms with van der Waals surface area (Å²) in [5.41, 5.74) is 4.20. The highest BCUT2D eigenvalue weighted by molar-refractivity contribution is 5.82. The summed E-state index contributed by atoms with van der Waals surface area (Å²) in [6.07, 6.45) is 7.01. The number of aromatic nitrogens is 2. The largest absolute Gasteiger partial charge is 0.332 e. The third kappa shape index (κ3) is 0.939. The molecule has 0 amide bonds. The first-order chi connectivity index (χ1) is 6.88. The van der Waals surface area contributed by atoms with Crippen molar-refractivity contribution >= 4 is 11.0 Å². The van der Waals surface area contributed by atoms with E-state index in [9.17, 15) is 0 Å². The van der Waals surface area contributed by atoms with Crippen LogP contribution in [0, 0.1) is 0 Å². The molecule has 2 heteroatoms. The van der Waals surface area contributed by atoms with Crippen molar-refractivity contribution < 1.29 is 0 Å². The van der Waals surface area contributed by atoms with Crippen molar-refractivity contribution in [2.24, 2.45) is 7.05 Å². The van der Waals surface area contributed by atoms with Crippen molar-refractivity contribution in [1.82, 2.24) is 9.55 Å². The van der Waals surface area contributed by atoms with Crippen molar-refractivity contribution in [3.8, 4) is 0 Å². The summed E-state index contributed by atoms with van der Waals surface area (Å²) < 4.78 is 2.27. The van der Waals surface area contributed by atoms with Gasteiger partial charge in [-0.1, -0.05) is 0 Å². The molecule has 1 aliphatic carbocycles. The van der Waals surface area contributed by atoms with Gasteiger partial charge in [-0.3, -0.25) is 0 Å². The quantitative estimate of drug-likeness (QED) is 0.618. The zero-order valence-electron chi connectivity index (χ0n) is 8.45. The molecule has 0 aromatic carbocycles. The molecule has 2 aromatic rings. The van der Waals surface area contributed by atoms with E-state index >= 15 is 0 Å². The summed E-state index contributed by atoms with van der Waals surface area (Å²) in [4.78, 5) is 4.45. The minimum absolute atomic E-state index is 1.15. The van der Waals surface area contributed by atoms with Crippen LogP contribution < -0.4 is 0 Å². The lowest BCUT2D eigenvalue weighted by atomic mass is 9.96. The predicted molar refractivity (Wildman–Crippen MR) is 57.4 cm³/mol. The summed E-state index contributed by atoms with van der Waals surface area (Å²) in [5.74, 6) is 0. The third-order valence-electron chi connectivity index (χ3n) is 3.27. The lowest BCUT2D eigenvalue weighted by molar-refractivity contribution is 0.652. The Kier molecular flexibility index (Phi) is 1.63. The lowest BCUT2D eigenvalue weighted by Gasteiger charge is -2.12. The van der Waals surface area contributed by atoms with Crippen LogP contribution in [0.25, 0.3) is 11.0 Å². The van der Waals surface area contributed by atoms with Crippen LogP contribution in [0.5, 0.6) is 0 Å². The van der Waals surface area contributed by atoms with E-state index < -0.39 is 0 Å². The SMILES string of the molecule is Cn1c2c(c3cccnc31)CCCC2. The zero-order valence-corrected chi connectivity index (χ0v) is 8.45. The average Bonchev–Trinajstić information content (AvgIpc) is 2.55. The van der Waals surface area contributed by atoms with Gasteiger partial charge in [0.2, 0.25) is 0 Å². The van der Waals surface area contributed by atoms with E-state index in [0.717, 1.165) is 5.65 Å². The van der Waals surface area contributed by atoms with Gasteiger partial charge in [-0.05, 0) is 43.4 Å². The van der Waals surface area contributed by atoms with Crippen molar-refractivity contribution in [2.75, 3.05) is 0 Å². The van der Waals surface area contributed by atoms with Gasteiger partial charge in [-0.25, -0.2) is 4.98 Å². The molecule has 0 unspecified atom stereocenters. The van der Waals surface area contributed by atoms with Gasteiger partial charge >= 0.3 is 0 Å². The van der Waals surface area contributed by atoms with Gasteiger partial charge in [-0.2, -0.15) is 0 Å². The first-order valence-electron chi connectivity index (χ1n) is 5.29.